The lowest BCUT2D eigenvalue weighted by Crippen LogP contribution is -2.22. The zero-order chi connectivity index (χ0) is 13.8. The molecule has 0 saturated carbocycles. The van der Waals surface area contributed by atoms with E-state index >= 15 is 0 Å². The van der Waals surface area contributed by atoms with Crippen LogP contribution in [0, 0.1) is 0 Å². The molecule has 0 amide bonds. The summed E-state index contributed by atoms with van der Waals surface area (Å²) in [4.78, 5) is 4.31. The summed E-state index contributed by atoms with van der Waals surface area (Å²) in [6.45, 7) is 2.91. The van der Waals surface area contributed by atoms with Crippen molar-refractivity contribution in [2.24, 2.45) is 0 Å². The van der Waals surface area contributed by atoms with Crippen molar-refractivity contribution in [2.75, 3.05) is 32.2 Å². The summed E-state index contributed by atoms with van der Waals surface area (Å²) in [6, 6.07) is 3.25. The summed E-state index contributed by atoms with van der Waals surface area (Å²) in [6.07, 6.45) is 3.42. The molecule has 0 spiro atoms. The molecule has 0 radical (unpaired) electrons. The number of hydrogen-bond acceptors (Lipinski definition) is 5. The zero-order valence-corrected chi connectivity index (χ0v) is 12.7. The minimum atomic E-state index is -3.39. The fourth-order valence-electron chi connectivity index (χ4n) is 1.18. The smallest absolute Gasteiger partial charge is 0.244 e. The van der Waals surface area contributed by atoms with Crippen LogP contribution in [-0.2, 0) is 10.0 Å². The molecular formula is C11H19N3O2S2. The first-order chi connectivity index (χ1) is 8.37. The second-order valence-electron chi connectivity index (χ2n) is 4.09. The average molecular weight is 289 g/mol. The van der Waals surface area contributed by atoms with E-state index in [0.29, 0.717) is 11.1 Å². The molecule has 0 aliphatic carbocycles. The molecule has 0 fully saturated rings. The molecule has 1 heterocycles. The number of anilines is 1. The molecule has 1 rings (SSSR count). The molecule has 1 N–H and O–H groups in total. The van der Waals surface area contributed by atoms with Gasteiger partial charge in [0.15, 0.2) is 0 Å². The molecular weight excluding hydrogens is 270 g/mol. The third-order valence-electron chi connectivity index (χ3n) is 2.49. The van der Waals surface area contributed by atoms with Crippen LogP contribution in [0.15, 0.2) is 23.2 Å². The van der Waals surface area contributed by atoms with Crippen LogP contribution < -0.4 is 5.32 Å². The number of aromatic nitrogens is 1. The van der Waals surface area contributed by atoms with Crippen LogP contribution in [0.2, 0.25) is 0 Å². The van der Waals surface area contributed by atoms with Crippen LogP contribution in [0.5, 0.6) is 0 Å². The first kappa shape index (κ1) is 15.3. The normalized spacial score (nSPS) is 13.6. The lowest BCUT2D eigenvalue weighted by atomic mass is 10.4. The average Bonchev–Trinajstić information content (AvgIpc) is 2.36. The summed E-state index contributed by atoms with van der Waals surface area (Å²) in [7, 11) is -0.387. The highest BCUT2D eigenvalue weighted by molar-refractivity contribution is 7.99. The van der Waals surface area contributed by atoms with Gasteiger partial charge in [-0.3, -0.25) is 0 Å². The van der Waals surface area contributed by atoms with Gasteiger partial charge in [-0.15, -0.1) is 0 Å². The SMILES string of the molecule is CSC(C)CNc1ccc(S(=O)(=O)N(C)C)cn1. The summed E-state index contributed by atoms with van der Waals surface area (Å²) in [5.41, 5.74) is 0. The Kier molecular flexibility index (Phi) is 5.43. The Morgan fingerprint density at radius 3 is 2.56 bits per heavy atom. The van der Waals surface area contributed by atoms with Gasteiger partial charge in [-0.2, -0.15) is 11.8 Å². The zero-order valence-electron chi connectivity index (χ0n) is 11.0. The second kappa shape index (κ2) is 6.40. The highest BCUT2D eigenvalue weighted by Gasteiger charge is 2.17. The number of rotatable bonds is 6. The van der Waals surface area contributed by atoms with E-state index in [0.717, 1.165) is 6.54 Å². The maximum absolute atomic E-state index is 11.8. The Bertz CT molecular complexity index is 472. The van der Waals surface area contributed by atoms with E-state index in [1.54, 1.807) is 23.9 Å². The van der Waals surface area contributed by atoms with Gasteiger partial charge in [0, 0.05) is 32.1 Å². The fourth-order valence-corrected chi connectivity index (χ4v) is 2.28. The van der Waals surface area contributed by atoms with Crippen molar-refractivity contribution < 1.29 is 8.42 Å². The number of nitrogens with zero attached hydrogens (tertiary/aromatic N) is 2. The van der Waals surface area contributed by atoms with Crippen LogP contribution in [-0.4, -0.2) is 49.9 Å². The molecule has 0 saturated heterocycles. The van der Waals surface area contributed by atoms with E-state index in [1.807, 2.05) is 6.26 Å². The van der Waals surface area contributed by atoms with Crippen LogP contribution in [0.4, 0.5) is 5.82 Å². The maximum Gasteiger partial charge on any atom is 0.244 e. The van der Waals surface area contributed by atoms with Gasteiger partial charge in [-0.1, -0.05) is 6.92 Å². The van der Waals surface area contributed by atoms with Gasteiger partial charge < -0.3 is 5.32 Å². The summed E-state index contributed by atoms with van der Waals surface area (Å²) < 4.78 is 24.8. The number of hydrogen-bond donors (Lipinski definition) is 1. The number of thioether (sulfide) groups is 1. The van der Waals surface area contributed by atoms with Crippen molar-refractivity contribution in [3.8, 4) is 0 Å². The Labute approximate surface area is 113 Å². The van der Waals surface area contributed by atoms with Gasteiger partial charge in [0.1, 0.15) is 10.7 Å². The minimum absolute atomic E-state index is 0.205. The quantitative estimate of drug-likeness (QED) is 0.860. The number of sulfonamides is 1. The summed E-state index contributed by atoms with van der Waals surface area (Å²) in [5.74, 6) is 0.689. The van der Waals surface area contributed by atoms with Crippen LogP contribution in [0.1, 0.15) is 6.92 Å². The van der Waals surface area contributed by atoms with Crippen LogP contribution in [0.25, 0.3) is 0 Å². The Hall–Kier alpha value is -0.790. The van der Waals surface area contributed by atoms with Gasteiger partial charge in [0.05, 0.1) is 0 Å². The van der Waals surface area contributed by atoms with Crippen molar-refractivity contribution in [2.45, 2.75) is 17.1 Å². The minimum Gasteiger partial charge on any atom is -0.369 e. The molecule has 1 aromatic heterocycles. The first-order valence-corrected chi connectivity index (χ1v) is 8.26. The van der Waals surface area contributed by atoms with Crippen molar-refractivity contribution in [1.29, 1.82) is 0 Å². The van der Waals surface area contributed by atoms with Crippen molar-refractivity contribution in [3.63, 3.8) is 0 Å². The Balaban J connectivity index is 2.75. The summed E-state index contributed by atoms with van der Waals surface area (Å²) >= 11 is 1.76. The maximum atomic E-state index is 11.8. The van der Waals surface area contributed by atoms with Crippen LogP contribution >= 0.6 is 11.8 Å². The molecule has 1 atom stereocenters. The third kappa shape index (κ3) is 3.86. The number of nitrogens with one attached hydrogen (secondary N) is 1. The Morgan fingerprint density at radius 2 is 2.11 bits per heavy atom. The third-order valence-corrected chi connectivity index (χ3v) is 5.26. The molecule has 0 aliphatic rings. The second-order valence-corrected chi connectivity index (χ2v) is 7.52. The monoisotopic (exact) mass is 289 g/mol. The van der Waals surface area contributed by atoms with Crippen LogP contribution in [0.3, 0.4) is 0 Å². The Morgan fingerprint density at radius 1 is 1.44 bits per heavy atom. The summed E-state index contributed by atoms with van der Waals surface area (Å²) in [5, 5.41) is 3.65. The lowest BCUT2D eigenvalue weighted by Gasteiger charge is -2.12. The van der Waals surface area contributed by atoms with Crippen molar-refractivity contribution >= 4 is 27.6 Å². The number of pyridine rings is 1. The van der Waals surface area contributed by atoms with Gasteiger partial charge in [0.2, 0.25) is 10.0 Å². The first-order valence-electron chi connectivity index (χ1n) is 5.53. The van der Waals surface area contributed by atoms with E-state index < -0.39 is 10.0 Å². The van der Waals surface area contributed by atoms with E-state index in [-0.39, 0.29) is 4.90 Å². The van der Waals surface area contributed by atoms with Crippen molar-refractivity contribution in [1.82, 2.24) is 9.29 Å². The lowest BCUT2D eigenvalue weighted by molar-refractivity contribution is 0.520. The van der Waals surface area contributed by atoms with Crippen molar-refractivity contribution in [3.05, 3.63) is 18.3 Å². The van der Waals surface area contributed by atoms with E-state index in [1.165, 1.54) is 24.6 Å². The van der Waals surface area contributed by atoms with E-state index in [2.05, 4.69) is 17.2 Å². The fraction of sp³-hybridized carbons (Fsp3) is 0.545. The molecule has 1 aromatic rings. The van der Waals surface area contributed by atoms with Gasteiger partial charge >= 0.3 is 0 Å². The molecule has 7 heteroatoms. The molecule has 0 aromatic carbocycles. The highest BCUT2D eigenvalue weighted by Crippen LogP contribution is 2.14. The highest BCUT2D eigenvalue weighted by atomic mass is 32.2. The topological polar surface area (TPSA) is 62.3 Å². The largest absolute Gasteiger partial charge is 0.369 e. The molecule has 18 heavy (non-hydrogen) atoms. The standard InChI is InChI=1S/C11H19N3O2S2/c1-9(17-4)7-12-11-6-5-10(8-13-11)18(15,16)14(2)3/h5-6,8-9H,7H2,1-4H3,(H,12,13). The molecule has 5 nitrogen and oxygen atoms in total. The molecule has 102 valence electrons. The van der Waals surface area contributed by atoms with Gasteiger partial charge in [-0.05, 0) is 18.4 Å². The molecule has 0 aliphatic heterocycles. The van der Waals surface area contributed by atoms with Gasteiger partial charge in [-0.25, -0.2) is 17.7 Å². The molecule has 1 unspecified atom stereocenters. The predicted octanol–water partition coefficient (Wildman–Crippen LogP) is 1.50. The van der Waals surface area contributed by atoms with E-state index in [9.17, 15) is 8.42 Å². The van der Waals surface area contributed by atoms with Gasteiger partial charge in [0.25, 0.3) is 0 Å². The predicted molar refractivity (Wildman–Crippen MR) is 76.6 cm³/mol. The molecule has 0 bridgehead atoms. The van der Waals surface area contributed by atoms with E-state index in [4.69, 9.17) is 0 Å².